The first-order chi connectivity index (χ1) is 14.2. The molecule has 1 heterocycles. The van der Waals surface area contributed by atoms with Gasteiger partial charge in [-0.3, -0.25) is 9.59 Å². The van der Waals surface area contributed by atoms with Crippen molar-refractivity contribution in [3.63, 3.8) is 0 Å². The standard InChI is InChI=1S/C26H34N2O2/c1-18(2)13-24(29)28-16-21-11-7-6-10-20(21)15-23(28)25(30)27-17-26(4,5)22-12-8-9-19(3)14-22/h6-12,14,18,23H,13,15-17H2,1-5H3,(H,27,30). The van der Waals surface area contributed by atoms with Gasteiger partial charge in [-0.25, -0.2) is 0 Å². The number of nitrogens with zero attached hydrogens (tertiary/aromatic N) is 1. The van der Waals surface area contributed by atoms with Gasteiger partial charge in [-0.05, 0) is 29.5 Å². The average Bonchev–Trinajstić information content (AvgIpc) is 2.70. The third kappa shape index (κ3) is 5.10. The Morgan fingerprint density at radius 2 is 1.80 bits per heavy atom. The summed E-state index contributed by atoms with van der Waals surface area (Å²) in [5.74, 6) is 0.249. The zero-order valence-electron chi connectivity index (χ0n) is 18.9. The summed E-state index contributed by atoms with van der Waals surface area (Å²) < 4.78 is 0. The van der Waals surface area contributed by atoms with Crippen molar-refractivity contribution in [3.8, 4) is 0 Å². The zero-order valence-corrected chi connectivity index (χ0v) is 18.9. The van der Waals surface area contributed by atoms with Gasteiger partial charge in [-0.2, -0.15) is 0 Å². The third-order valence-corrected chi connectivity index (χ3v) is 5.96. The smallest absolute Gasteiger partial charge is 0.243 e. The van der Waals surface area contributed by atoms with Gasteiger partial charge in [0.1, 0.15) is 6.04 Å². The molecule has 0 saturated carbocycles. The topological polar surface area (TPSA) is 49.4 Å². The van der Waals surface area contributed by atoms with E-state index in [1.54, 1.807) is 4.90 Å². The monoisotopic (exact) mass is 406 g/mol. The summed E-state index contributed by atoms with van der Waals surface area (Å²) >= 11 is 0. The Morgan fingerprint density at radius 1 is 1.10 bits per heavy atom. The lowest BCUT2D eigenvalue weighted by Gasteiger charge is -2.37. The molecule has 2 aromatic rings. The molecule has 30 heavy (non-hydrogen) atoms. The summed E-state index contributed by atoms with van der Waals surface area (Å²) in [4.78, 5) is 28.0. The molecule has 1 aliphatic rings. The molecule has 1 unspecified atom stereocenters. The number of carbonyl (C=O) groups is 2. The lowest BCUT2D eigenvalue weighted by Crippen LogP contribution is -2.54. The molecule has 1 aliphatic heterocycles. The van der Waals surface area contributed by atoms with Gasteiger partial charge >= 0.3 is 0 Å². The SMILES string of the molecule is Cc1cccc(C(C)(C)CNC(=O)C2Cc3ccccc3CN2C(=O)CC(C)C)c1. The molecule has 0 radical (unpaired) electrons. The van der Waals surface area contributed by atoms with Gasteiger partial charge in [0, 0.05) is 31.3 Å². The molecule has 0 bridgehead atoms. The van der Waals surface area contributed by atoms with E-state index in [2.05, 4.69) is 62.5 Å². The molecule has 1 N–H and O–H groups in total. The summed E-state index contributed by atoms with van der Waals surface area (Å²) in [7, 11) is 0. The number of hydrogen-bond acceptors (Lipinski definition) is 2. The molecule has 2 amide bonds. The average molecular weight is 407 g/mol. The second-order valence-corrected chi connectivity index (χ2v) is 9.58. The van der Waals surface area contributed by atoms with E-state index < -0.39 is 6.04 Å². The van der Waals surface area contributed by atoms with Crippen LogP contribution in [0, 0.1) is 12.8 Å². The van der Waals surface area contributed by atoms with Gasteiger partial charge < -0.3 is 10.2 Å². The molecule has 0 aliphatic carbocycles. The van der Waals surface area contributed by atoms with Gasteiger partial charge in [-0.15, -0.1) is 0 Å². The normalized spacial score (nSPS) is 16.3. The molecular formula is C26H34N2O2. The molecule has 160 valence electrons. The van der Waals surface area contributed by atoms with E-state index in [1.807, 2.05) is 26.0 Å². The first kappa shape index (κ1) is 22.1. The number of carbonyl (C=O) groups excluding carboxylic acids is 2. The van der Waals surface area contributed by atoms with Crippen LogP contribution in [0.3, 0.4) is 0 Å². The molecule has 0 fully saturated rings. The fourth-order valence-electron chi connectivity index (χ4n) is 4.08. The highest BCUT2D eigenvalue weighted by Gasteiger charge is 2.35. The van der Waals surface area contributed by atoms with Gasteiger partial charge in [0.2, 0.25) is 11.8 Å². The van der Waals surface area contributed by atoms with Crippen molar-refractivity contribution in [2.45, 2.75) is 65.5 Å². The Labute approximate surface area is 180 Å². The van der Waals surface area contributed by atoms with Crippen LogP contribution in [0.5, 0.6) is 0 Å². The molecule has 2 aromatic carbocycles. The molecule has 3 rings (SSSR count). The maximum atomic E-state index is 13.2. The van der Waals surface area contributed by atoms with Crippen LogP contribution in [0.2, 0.25) is 0 Å². The molecule has 0 spiro atoms. The predicted octanol–water partition coefficient (Wildman–Crippen LogP) is 4.39. The minimum absolute atomic E-state index is 0.0533. The Balaban J connectivity index is 1.77. The summed E-state index contributed by atoms with van der Waals surface area (Å²) in [6.45, 7) is 11.5. The van der Waals surface area contributed by atoms with E-state index in [-0.39, 0.29) is 23.1 Å². The second-order valence-electron chi connectivity index (χ2n) is 9.58. The van der Waals surface area contributed by atoms with Gasteiger partial charge in [0.15, 0.2) is 0 Å². The molecule has 4 nitrogen and oxygen atoms in total. The summed E-state index contributed by atoms with van der Waals surface area (Å²) in [6, 6.07) is 16.1. The van der Waals surface area contributed by atoms with Crippen molar-refractivity contribution in [2.75, 3.05) is 6.54 Å². The van der Waals surface area contributed by atoms with E-state index in [0.29, 0.717) is 25.9 Å². The van der Waals surface area contributed by atoms with E-state index in [4.69, 9.17) is 0 Å². The van der Waals surface area contributed by atoms with Crippen molar-refractivity contribution in [1.82, 2.24) is 10.2 Å². The van der Waals surface area contributed by atoms with Crippen molar-refractivity contribution < 1.29 is 9.59 Å². The van der Waals surface area contributed by atoms with Crippen molar-refractivity contribution in [3.05, 3.63) is 70.8 Å². The summed E-state index contributed by atoms with van der Waals surface area (Å²) in [5, 5.41) is 3.15. The fraction of sp³-hybridized carbons (Fsp3) is 0.462. The first-order valence-electron chi connectivity index (χ1n) is 10.9. The van der Waals surface area contributed by atoms with Gasteiger partial charge in [0.25, 0.3) is 0 Å². The van der Waals surface area contributed by atoms with Gasteiger partial charge in [0.05, 0.1) is 0 Å². The maximum absolute atomic E-state index is 13.2. The second kappa shape index (κ2) is 9.03. The molecule has 0 saturated heterocycles. The van der Waals surface area contributed by atoms with E-state index in [0.717, 1.165) is 11.1 Å². The van der Waals surface area contributed by atoms with Crippen LogP contribution >= 0.6 is 0 Å². The number of hydrogen-bond donors (Lipinski definition) is 1. The molecule has 0 aromatic heterocycles. The van der Waals surface area contributed by atoms with E-state index in [9.17, 15) is 9.59 Å². The van der Waals surface area contributed by atoms with Gasteiger partial charge in [-0.1, -0.05) is 81.8 Å². The Morgan fingerprint density at radius 3 is 2.47 bits per heavy atom. The van der Waals surface area contributed by atoms with Crippen LogP contribution in [-0.2, 0) is 28.0 Å². The van der Waals surface area contributed by atoms with Crippen LogP contribution in [0.1, 0.15) is 56.4 Å². The van der Waals surface area contributed by atoms with Crippen LogP contribution in [-0.4, -0.2) is 29.3 Å². The number of nitrogens with one attached hydrogen (secondary N) is 1. The number of benzene rings is 2. The Bertz CT molecular complexity index is 917. The number of rotatable bonds is 6. The van der Waals surface area contributed by atoms with Crippen LogP contribution < -0.4 is 5.32 Å². The largest absolute Gasteiger partial charge is 0.353 e. The lowest BCUT2D eigenvalue weighted by atomic mass is 9.83. The predicted molar refractivity (Wildman–Crippen MR) is 121 cm³/mol. The highest BCUT2D eigenvalue weighted by Crippen LogP contribution is 2.26. The van der Waals surface area contributed by atoms with E-state index >= 15 is 0 Å². The Hall–Kier alpha value is -2.62. The number of aryl methyl sites for hydroxylation is 1. The maximum Gasteiger partial charge on any atom is 0.243 e. The van der Waals surface area contributed by atoms with Crippen molar-refractivity contribution in [1.29, 1.82) is 0 Å². The number of fused-ring (bicyclic) bond motifs is 1. The molecule has 1 atom stereocenters. The Kier molecular flexibility index (Phi) is 6.64. The van der Waals surface area contributed by atoms with Crippen molar-refractivity contribution >= 4 is 11.8 Å². The van der Waals surface area contributed by atoms with E-state index in [1.165, 1.54) is 11.1 Å². The highest BCUT2D eigenvalue weighted by molar-refractivity contribution is 5.88. The fourth-order valence-corrected chi connectivity index (χ4v) is 4.08. The zero-order chi connectivity index (χ0) is 21.9. The quantitative estimate of drug-likeness (QED) is 0.774. The van der Waals surface area contributed by atoms with Crippen LogP contribution in [0.15, 0.2) is 48.5 Å². The molecule has 4 heteroatoms. The lowest BCUT2D eigenvalue weighted by molar-refractivity contribution is -0.142. The van der Waals surface area contributed by atoms with Crippen molar-refractivity contribution in [2.24, 2.45) is 5.92 Å². The minimum Gasteiger partial charge on any atom is -0.353 e. The van der Waals surface area contributed by atoms with Crippen LogP contribution in [0.25, 0.3) is 0 Å². The summed E-state index contributed by atoms with van der Waals surface area (Å²) in [5.41, 5.74) is 4.51. The number of amides is 2. The summed E-state index contributed by atoms with van der Waals surface area (Å²) in [6.07, 6.45) is 1.03. The minimum atomic E-state index is -0.459. The third-order valence-electron chi connectivity index (χ3n) is 5.96. The van der Waals surface area contributed by atoms with Crippen LogP contribution in [0.4, 0.5) is 0 Å². The molecular weight excluding hydrogens is 372 g/mol. The highest BCUT2D eigenvalue weighted by atomic mass is 16.2. The first-order valence-corrected chi connectivity index (χ1v) is 10.9.